The van der Waals surface area contributed by atoms with Crippen LogP contribution in [0, 0.1) is 12.8 Å². The van der Waals surface area contributed by atoms with Gasteiger partial charge < -0.3 is 9.64 Å². The zero-order chi connectivity index (χ0) is 19.6. The van der Waals surface area contributed by atoms with Gasteiger partial charge in [-0.3, -0.25) is 14.5 Å². The Balaban J connectivity index is 1.94. The van der Waals surface area contributed by atoms with E-state index in [0.717, 1.165) is 37.1 Å². The number of aryl methyl sites for hydroxylation is 1. The van der Waals surface area contributed by atoms with Gasteiger partial charge in [-0.25, -0.2) is 0 Å². The molecule has 5 nitrogen and oxygen atoms in total. The Morgan fingerprint density at radius 2 is 1.85 bits per heavy atom. The first kappa shape index (κ1) is 19.6. The SMILES string of the molecule is Cc1ccc(C2=C(N3CCCC(C)C3)C(=O)N(CCOC(C)C)C2=O)cc1. The van der Waals surface area contributed by atoms with Crippen LogP contribution >= 0.6 is 0 Å². The lowest BCUT2D eigenvalue weighted by atomic mass is 9.97. The van der Waals surface area contributed by atoms with E-state index in [2.05, 4.69) is 11.8 Å². The van der Waals surface area contributed by atoms with Crippen LogP contribution in [0.1, 0.15) is 44.7 Å². The first-order chi connectivity index (χ1) is 12.9. The standard InChI is InChI=1S/C22H30N2O3/c1-15(2)27-13-12-24-21(25)19(18-9-7-16(3)8-10-18)20(22(24)26)23-11-5-6-17(4)14-23/h7-10,15,17H,5-6,11-14H2,1-4H3. The highest BCUT2D eigenvalue weighted by atomic mass is 16.5. The maximum Gasteiger partial charge on any atom is 0.277 e. The fraction of sp³-hybridized carbons (Fsp3) is 0.545. The summed E-state index contributed by atoms with van der Waals surface area (Å²) in [5.74, 6) is 0.133. The van der Waals surface area contributed by atoms with Crippen molar-refractivity contribution in [1.29, 1.82) is 0 Å². The van der Waals surface area contributed by atoms with Gasteiger partial charge in [0.2, 0.25) is 0 Å². The molecule has 146 valence electrons. The Morgan fingerprint density at radius 1 is 1.15 bits per heavy atom. The maximum atomic E-state index is 13.2. The summed E-state index contributed by atoms with van der Waals surface area (Å²) in [4.78, 5) is 29.8. The number of hydrogen-bond acceptors (Lipinski definition) is 4. The number of carbonyl (C=O) groups is 2. The first-order valence-electron chi connectivity index (χ1n) is 9.92. The van der Waals surface area contributed by atoms with E-state index in [1.807, 2.05) is 45.0 Å². The molecule has 27 heavy (non-hydrogen) atoms. The summed E-state index contributed by atoms with van der Waals surface area (Å²) in [6, 6.07) is 7.86. The summed E-state index contributed by atoms with van der Waals surface area (Å²) in [6.07, 6.45) is 2.28. The third-order valence-electron chi connectivity index (χ3n) is 5.22. The lowest BCUT2D eigenvalue weighted by molar-refractivity contribution is -0.138. The number of carbonyl (C=O) groups excluding carboxylic acids is 2. The van der Waals surface area contributed by atoms with E-state index in [1.54, 1.807) is 0 Å². The molecule has 0 aliphatic carbocycles. The molecular weight excluding hydrogens is 340 g/mol. The average Bonchev–Trinajstić information content (AvgIpc) is 2.87. The molecule has 1 atom stereocenters. The van der Waals surface area contributed by atoms with E-state index in [-0.39, 0.29) is 24.5 Å². The lowest BCUT2D eigenvalue weighted by Gasteiger charge is -2.33. The van der Waals surface area contributed by atoms with Crippen molar-refractivity contribution in [3.63, 3.8) is 0 Å². The lowest BCUT2D eigenvalue weighted by Crippen LogP contribution is -2.40. The van der Waals surface area contributed by atoms with E-state index in [9.17, 15) is 9.59 Å². The molecule has 3 rings (SSSR count). The van der Waals surface area contributed by atoms with Crippen LogP contribution in [0.15, 0.2) is 30.0 Å². The molecule has 2 aliphatic heterocycles. The average molecular weight is 370 g/mol. The monoisotopic (exact) mass is 370 g/mol. The predicted molar refractivity (Wildman–Crippen MR) is 106 cm³/mol. The number of ether oxygens (including phenoxy) is 1. The highest BCUT2D eigenvalue weighted by molar-refractivity contribution is 6.35. The second-order valence-corrected chi connectivity index (χ2v) is 7.96. The molecule has 1 unspecified atom stereocenters. The van der Waals surface area contributed by atoms with Crippen LogP contribution in [0.2, 0.25) is 0 Å². The van der Waals surface area contributed by atoms with Crippen molar-refractivity contribution in [2.75, 3.05) is 26.2 Å². The minimum atomic E-state index is -0.204. The van der Waals surface area contributed by atoms with Gasteiger partial charge in [-0.1, -0.05) is 36.8 Å². The molecule has 0 radical (unpaired) electrons. The van der Waals surface area contributed by atoms with Gasteiger partial charge in [-0.2, -0.15) is 0 Å². The highest BCUT2D eigenvalue weighted by Crippen LogP contribution is 2.33. The van der Waals surface area contributed by atoms with E-state index >= 15 is 0 Å². The first-order valence-corrected chi connectivity index (χ1v) is 9.92. The molecule has 2 amide bonds. The summed E-state index contributed by atoms with van der Waals surface area (Å²) >= 11 is 0. The van der Waals surface area contributed by atoms with Crippen molar-refractivity contribution < 1.29 is 14.3 Å². The van der Waals surface area contributed by atoms with Crippen molar-refractivity contribution in [3.8, 4) is 0 Å². The zero-order valence-corrected chi connectivity index (χ0v) is 16.8. The number of likely N-dealkylation sites (tertiary alicyclic amines) is 1. The number of hydrogen-bond donors (Lipinski definition) is 0. The Bertz CT molecular complexity index is 736. The molecule has 0 aromatic heterocycles. The Morgan fingerprint density at radius 3 is 2.48 bits per heavy atom. The molecule has 1 fully saturated rings. The van der Waals surface area contributed by atoms with E-state index in [4.69, 9.17) is 4.74 Å². The van der Waals surface area contributed by atoms with Crippen molar-refractivity contribution >= 4 is 17.4 Å². The van der Waals surface area contributed by atoms with Gasteiger partial charge in [-0.05, 0) is 45.1 Å². The van der Waals surface area contributed by atoms with E-state index in [1.165, 1.54) is 4.90 Å². The summed E-state index contributed by atoms with van der Waals surface area (Å²) < 4.78 is 5.58. The molecule has 0 N–H and O–H groups in total. The molecule has 1 saturated heterocycles. The minimum absolute atomic E-state index is 0.0738. The molecule has 0 saturated carbocycles. The molecule has 1 aromatic rings. The number of benzene rings is 1. The fourth-order valence-corrected chi connectivity index (χ4v) is 3.81. The second kappa shape index (κ2) is 8.26. The van der Waals surface area contributed by atoms with Gasteiger partial charge in [0.25, 0.3) is 11.8 Å². The number of imide groups is 1. The zero-order valence-electron chi connectivity index (χ0n) is 16.8. The normalized spacial score (nSPS) is 21.0. The van der Waals surface area contributed by atoms with E-state index < -0.39 is 0 Å². The summed E-state index contributed by atoms with van der Waals surface area (Å²) in [7, 11) is 0. The molecular formula is C22H30N2O3. The van der Waals surface area contributed by atoms with Crippen LogP contribution in [0.4, 0.5) is 0 Å². The Labute approximate surface area is 162 Å². The number of amides is 2. The van der Waals surface area contributed by atoms with Crippen molar-refractivity contribution in [2.24, 2.45) is 5.92 Å². The van der Waals surface area contributed by atoms with Gasteiger partial charge in [0.1, 0.15) is 5.70 Å². The molecule has 5 heteroatoms. The van der Waals surface area contributed by atoms with Gasteiger partial charge in [-0.15, -0.1) is 0 Å². The second-order valence-electron chi connectivity index (χ2n) is 7.96. The third-order valence-corrected chi connectivity index (χ3v) is 5.22. The van der Waals surface area contributed by atoms with Gasteiger partial charge in [0, 0.05) is 13.1 Å². The molecule has 2 aliphatic rings. The van der Waals surface area contributed by atoms with Crippen LogP contribution in [0.5, 0.6) is 0 Å². The van der Waals surface area contributed by atoms with Crippen molar-refractivity contribution in [3.05, 3.63) is 41.1 Å². The number of piperidine rings is 1. The van der Waals surface area contributed by atoms with E-state index in [0.29, 0.717) is 23.8 Å². The van der Waals surface area contributed by atoms with Crippen LogP contribution in [0.3, 0.4) is 0 Å². The van der Waals surface area contributed by atoms with Crippen molar-refractivity contribution in [1.82, 2.24) is 9.80 Å². The van der Waals surface area contributed by atoms with Gasteiger partial charge in [0.05, 0.1) is 24.8 Å². The number of rotatable bonds is 6. The molecule has 2 heterocycles. The smallest absolute Gasteiger partial charge is 0.277 e. The third kappa shape index (κ3) is 4.24. The quantitative estimate of drug-likeness (QED) is 0.722. The van der Waals surface area contributed by atoms with Crippen LogP contribution < -0.4 is 0 Å². The molecule has 0 bridgehead atoms. The highest BCUT2D eigenvalue weighted by Gasteiger charge is 2.42. The number of nitrogens with zero attached hydrogens (tertiary/aromatic N) is 2. The topological polar surface area (TPSA) is 49.9 Å². The summed E-state index contributed by atoms with van der Waals surface area (Å²) in [5.41, 5.74) is 3.06. The largest absolute Gasteiger partial charge is 0.377 e. The van der Waals surface area contributed by atoms with Gasteiger partial charge in [0.15, 0.2) is 0 Å². The Hall–Kier alpha value is -2.14. The van der Waals surface area contributed by atoms with Gasteiger partial charge >= 0.3 is 0 Å². The van der Waals surface area contributed by atoms with Crippen LogP contribution in [-0.4, -0.2) is 54.0 Å². The minimum Gasteiger partial charge on any atom is -0.377 e. The van der Waals surface area contributed by atoms with Crippen molar-refractivity contribution in [2.45, 2.75) is 46.6 Å². The Kier molecular flexibility index (Phi) is 6.00. The van der Waals surface area contributed by atoms with Crippen LogP contribution in [-0.2, 0) is 14.3 Å². The molecule has 0 spiro atoms. The fourth-order valence-electron chi connectivity index (χ4n) is 3.81. The maximum absolute atomic E-state index is 13.2. The van der Waals surface area contributed by atoms with Crippen LogP contribution in [0.25, 0.3) is 5.57 Å². The molecule has 1 aromatic carbocycles. The summed E-state index contributed by atoms with van der Waals surface area (Å²) in [5, 5.41) is 0. The predicted octanol–water partition coefficient (Wildman–Crippen LogP) is 3.23. The summed E-state index contributed by atoms with van der Waals surface area (Å²) in [6.45, 7) is 10.4.